The largest absolute Gasteiger partial charge is 0.360 e. The summed E-state index contributed by atoms with van der Waals surface area (Å²) in [5.41, 5.74) is 1.09. The molecule has 1 aromatic carbocycles. The molecular weight excluding hydrogens is 386 g/mol. The van der Waals surface area contributed by atoms with Crippen LogP contribution in [-0.2, 0) is 16.1 Å². The third-order valence-electron chi connectivity index (χ3n) is 5.91. The zero-order valence-corrected chi connectivity index (χ0v) is 17.3. The summed E-state index contributed by atoms with van der Waals surface area (Å²) in [5, 5.41) is 13.4. The molecule has 8 heteroatoms. The number of rotatable bonds is 7. The second-order valence-corrected chi connectivity index (χ2v) is 8.65. The van der Waals surface area contributed by atoms with E-state index in [1.807, 2.05) is 30.3 Å². The Bertz CT molecular complexity index is 755. The molecule has 3 atom stereocenters. The predicted octanol–water partition coefficient (Wildman–Crippen LogP) is 0.651. The van der Waals surface area contributed by atoms with E-state index in [1.54, 1.807) is 0 Å². The minimum atomic E-state index is -0.137. The maximum Gasteiger partial charge on any atom is 0.237 e. The lowest BCUT2D eigenvalue weighted by molar-refractivity contribution is -0.129. The second-order valence-electron chi connectivity index (χ2n) is 8.24. The summed E-state index contributed by atoms with van der Waals surface area (Å²) in [6.07, 6.45) is 4.29. The topological polar surface area (TPSA) is 85.5 Å². The van der Waals surface area contributed by atoms with Crippen LogP contribution < -0.4 is 21.3 Å². The predicted molar refractivity (Wildman–Crippen MR) is 115 cm³/mol. The molecule has 3 fully saturated rings. The highest BCUT2D eigenvalue weighted by atomic mass is 32.1. The van der Waals surface area contributed by atoms with Crippen molar-refractivity contribution < 1.29 is 9.59 Å². The van der Waals surface area contributed by atoms with Gasteiger partial charge in [0.05, 0.1) is 6.04 Å². The molecule has 0 bridgehead atoms. The van der Waals surface area contributed by atoms with Gasteiger partial charge in [0.25, 0.3) is 0 Å². The van der Waals surface area contributed by atoms with Crippen molar-refractivity contribution in [2.75, 3.05) is 13.1 Å². The molecule has 4 N–H and O–H groups in total. The molecule has 0 aromatic heterocycles. The zero-order valence-electron chi connectivity index (χ0n) is 16.5. The van der Waals surface area contributed by atoms with Gasteiger partial charge in [0, 0.05) is 44.2 Å². The molecule has 1 aliphatic carbocycles. The molecule has 2 amide bonds. The number of benzene rings is 1. The van der Waals surface area contributed by atoms with Crippen LogP contribution in [0, 0.1) is 0 Å². The Morgan fingerprint density at radius 3 is 2.69 bits per heavy atom. The van der Waals surface area contributed by atoms with Crippen molar-refractivity contribution >= 4 is 29.1 Å². The molecule has 29 heavy (non-hydrogen) atoms. The molecule has 0 spiro atoms. The first-order valence-electron chi connectivity index (χ1n) is 10.5. The van der Waals surface area contributed by atoms with Gasteiger partial charge in [-0.2, -0.15) is 0 Å². The molecule has 2 heterocycles. The Kier molecular flexibility index (Phi) is 6.30. The van der Waals surface area contributed by atoms with Crippen LogP contribution in [0.3, 0.4) is 0 Å². The quantitative estimate of drug-likeness (QED) is 0.490. The first-order chi connectivity index (χ1) is 14.1. The highest BCUT2D eigenvalue weighted by molar-refractivity contribution is 7.80. The number of hydrogen-bond acceptors (Lipinski definition) is 4. The highest BCUT2D eigenvalue weighted by Crippen LogP contribution is 2.26. The van der Waals surface area contributed by atoms with Crippen LogP contribution in [-0.4, -0.2) is 59.1 Å². The molecular formula is C21H29N5O2S. The van der Waals surface area contributed by atoms with E-state index in [9.17, 15) is 9.59 Å². The van der Waals surface area contributed by atoms with Crippen LogP contribution in [0.15, 0.2) is 30.3 Å². The smallest absolute Gasteiger partial charge is 0.237 e. The molecule has 3 aliphatic rings. The lowest BCUT2D eigenvalue weighted by atomic mass is 10.0. The maximum atomic E-state index is 12.3. The summed E-state index contributed by atoms with van der Waals surface area (Å²) in [6, 6.07) is 10.6. The molecule has 4 rings (SSSR count). The van der Waals surface area contributed by atoms with Crippen molar-refractivity contribution in [2.24, 2.45) is 0 Å². The summed E-state index contributed by atoms with van der Waals surface area (Å²) in [4.78, 5) is 26.9. The van der Waals surface area contributed by atoms with E-state index >= 15 is 0 Å². The van der Waals surface area contributed by atoms with Crippen LogP contribution in [0.5, 0.6) is 0 Å². The van der Waals surface area contributed by atoms with Crippen LogP contribution in [0.4, 0.5) is 0 Å². The van der Waals surface area contributed by atoms with Gasteiger partial charge in [0.15, 0.2) is 5.11 Å². The van der Waals surface area contributed by atoms with E-state index in [0.717, 1.165) is 24.9 Å². The Morgan fingerprint density at radius 2 is 1.93 bits per heavy atom. The van der Waals surface area contributed by atoms with Gasteiger partial charge in [-0.15, -0.1) is 0 Å². The number of carbonyl (C=O) groups is 2. The standard InChI is InChI=1S/C21H29N5O2S/c27-19(22-11-14-4-2-1-3-5-14)9-8-17-12-23-20(28)18-10-16(13-26(17)18)25-21(29)24-15-6-7-15/h1-5,15-18H,6-13H2,(H,22,27)(H,23,28)(H2,24,25,29)/t16-,17+,18-/m0/s1. The van der Waals surface area contributed by atoms with E-state index in [0.29, 0.717) is 30.7 Å². The normalized spacial score (nSPS) is 26.3. The summed E-state index contributed by atoms with van der Waals surface area (Å²) in [6.45, 7) is 1.92. The minimum absolute atomic E-state index is 0.0472. The molecule has 1 aromatic rings. The molecule has 156 valence electrons. The number of thiocarbonyl (C=S) groups is 1. The van der Waals surface area contributed by atoms with Gasteiger partial charge in [0.1, 0.15) is 0 Å². The Hall–Kier alpha value is -2.19. The summed E-state index contributed by atoms with van der Waals surface area (Å²) < 4.78 is 0. The average molecular weight is 416 g/mol. The number of piperazine rings is 1. The van der Waals surface area contributed by atoms with Gasteiger partial charge in [-0.3, -0.25) is 14.5 Å². The van der Waals surface area contributed by atoms with Crippen molar-refractivity contribution in [1.82, 2.24) is 26.2 Å². The third-order valence-corrected chi connectivity index (χ3v) is 6.14. The van der Waals surface area contributed by atoms with E-state index in [4.69, 9.17) is 12.2 Å². The maximum absolute atomic E-state index is 12.3. The van der Waals surface area contributed by atoms with Gasteiger partial charge in [0.2, 0.25) is 11.8 Å². The van der Waals surface area contributed by atoms with E-state index in [1.165, 1.54) is 12.8 Å². The molecule has 7 nitrogen and oxygen atoms in total. The lowest BCUT2D eigenvalue weighted by Gasteiger charge is -2.37. The van der Waals surface area contributed by atoms with Gasteiger partial charge < -0.3 is 21.3 Å². The molecule has 2 saturated heterocycles. The molecule has 1 saturated carbocycles. The van der Waals surface area contributed by atoms with Crippen molar-refractivity contribution in [2.45, 2.75) is 62.8 Å². The Balaban J connectivity index is 1.24. The van der Waals surface area contributed by atoms with Gasteiger partial charge in [-0.05, 0) is 43.5 Å². The Morgan fingerprint density at radius 1 is 1.17 bits per heavy atom. The first-order valence-corrected chi connectivity index (χ1v) is 10.9. The summed E-state index contributed by atoms with van der Waals surface area (Å²) >= 11 is 5.39. The van der Waals surface area contributed by atoms with Gasteiger partial charge in [-0.1, -0.05) is 30.3 Å². The highest BCUT2D eigenvalue weighted by Gasteiger charge is 2.43. The van der Waals surface area contributed by atoms with Crippen LogP contribution in [0.25, 0.3) is 0 Å². The second kappa shape index (κ2) is 9.09. The van der Waals surface area contributed by atoms with Gasteiger partial charge in [-0.25, -0.2) is 0 Å². The minimum Gasteiger partial charge on any atom is -0.360 e. The summed E-state index contributed by atoms with van der Waals surface area (Å²) in [7, 11) is 0. The number of hydrogen-bond donors (Lipinski definition) is 4. The number of nitrogens with one attached hydrogen (secondary N) is 4. The lowest BCUT2D eigenvalue weighted by Crippen LogP contribution is -2.58. The SMILES string of the molecule is O=C(CC[C@@H]1CNC(=O)[C@@H]2C[C@H](NC(=S)NC3CC3)CN12)NCc1ccccc1. The van der Waals surface area contributed by atoms with Crippen LogP contribution in [0.1, 0.15) is 37.7 Å². The van der Waals surface area contributed by atoms with Crippen molar-refractivity contribution in [1.29, 1.82) is 0 Å². The monoisotopic (exact) mass is 415 g/mol. The van der Waals surface area contributed by atoms with Crippen molar-refractivity contribution in [3.05, 3.63) is 35.9 Å². The van der Waals surface area contributed by atoms with E-state index < -0.39 is 0 Å². The number of amides is 2. The van der Waals surface area contributed by atoms with E-state index in [-0.39, 0.29) is 29.9 Å². The van der Waals surface area contributed by atoms with Crippen LogP contribution in [0.2, 0.25) is 0 Å². The molecule has 0 unspecified atom stereocenters. The fraction of sp³-hybridized carbons (Fsp3) is 0.571. The van der Waals surface area contributed by atoms with Crippen molar-refractivity contribution in [3.63, 3.8) is 0 Å². The van der Waals surface area contributed by atoms with Crippen LogP contribution >= 0.6 is 12.2 Å². The van der Waals surface area contributed by atoms with Gasteiger partial charge >= 0.3 is 0 Å². The van der Waals surface area contributed by atoms with E-state index in [2.05, 4.69) is 26.2 Å². The molecule has 2 aliphatic heterocycles. The fourth-order valence-electron chi connectivity index (χ4n) is 4.17. The number of fused-ring (bicyclic) bond motifs is 1. The summed E-state index contributed by atoms with van der Waals surface area (Å²) in [5.74, 6) is 0.131. The molecule has 0 radical (unpaired) electrons. The number of nitrogens with zero attached hydrogens (tertiary/aromatic N) is 1. The Labute approximate surface area is 177 Å². The zero-order chi connectivity index (χ0) is 20.2. The average Bonchev–Trinajstić information content (AvgIpc) is 3.42. The first kappa shape index (κ1) is 20.1. The fourth-order valence-corrected chi connectivity index (χ4v) is 4.50. The third kappa shape index (κ3) is 5.45. The number of carbonyl (C=O) groups excluding carboxylic acids is 2. The van der Waals surface area contributed by atoms with Crippen molar-refractivity contribution in [3.8, 4) is 0 Å².